The highest BCUT2D eigenvalue weighted by atomic mass is 16.4. The fraction of sp³-hybridized carbons (Fsp3) is 0.588. The quantitative estimate of drug-likeness (QED) is 0.926. The number of furan rings is 1. The van der Waals surface area contributed by atoms with Crippen molar-refractivity contribution in [1.29, 1.82) is 0 Å². The van der Waals surface area contributed by atoms with Crippen molar-refractivity contribution in [3.8, 4) is 0 Å². The van der Waals surface area contributed by atoms with Gasteiger partial charge in [0.2, 0.25) is 11.8 Å². The van der Waals surface area contributed by atoms with E-state index in [4.69, 9.17) is 8.83 Å². The summed E-state index contributed by atoms with van der Waals surface area (Å²) >= 11 is 0. The van der Waals surface area contributed by atoms with Crippen molar-refractivity contribution in [2.24, 2.45) is 0 Å². The summed E-state index contributed by atoms with van der Waals surface area (Å²) in [6.45, 7) is 9.31. The van der Waals surface area contributed by atoms with Gasteiger partial charge in [-0.05, 0) is 39.7 Å². The standard InChI is InChI=1S/C17H24N4O3/c1-10-9-15(12(3)23-10)16(22)18-14-5-7-21(8-6-14)11(2)17-20-19-13(4)24-17/h9,11,14H,5-8H2,1-4H3,(H,18,22)/t11-/m0/s1. The van der Waals surface area contributed by atoms with Crippen LogP contribution < -0.4 is 5.32 Å². The van der Waals surface area contributed by atoms with Crippen molar-refractivity contribution < 1.29 is 13.6 Å². The number of carbonyl (C=O) groups excluding carboxylic acids is 1. The van der Waals surface area contributed by atoms with E-state index >= 15 is 0 Å². The highest BCUT2D eigenvalue weighted by Gasteiger charge is 2.27. The van der Waals surface area contributed by atoms with E-state index < -0.39 is 0 Å². The molecule has 1 saturated heterocycles. The molecule has 3 heterocycles. The molecule has 1 aliphatic heterocycles. The molecule has 0 bridgehead atoms. The fourth-order valence-corrected chi connectivity index (χ4v) is 3.19. The molecule has 0 radical (unpaired) electrons. The molecule has 0 aliphatic carbocycles. The molecule has 7 heteroatoms. The minimum absolute atomic E-state index is 0.0524. The van der Waals surface area contributed by atoms with Crippen LogP contribution in [0.2, 0.25) is 0 Å². The number of piperidine rings is 1. The predicted molar refractivity (Wildman–Crippen MR) is 87.7 cm³/mol. The van der Waals surface area contributed by atoms with E-state index in [2.05, 4.69) is 27.3 Å². The number of nitrogens with zero attached hydrogens (tertiary/aromatic N) is 3. The Kier molecular flexibility index (Phi) is 4.71. The molecule has 24 heavy (non-hydrogen) atoms. The second-order valence-electron chi connectivity index (χ2n) is 6.45. The highest BCUT2D eigenvalue weighted by molar-refractivity contribution is 5.95. The first kappa shape index (κ1) is 16.7. The Morgan fingerprint density at radius 2 is 1.96 bits per heavy atom. The van der Waals surface area contributed by atoms with E-state index in [1.54, 1.807) is 13.0 Å². The van der Waals surface area contributed by atoms with Crippen LogP contribution in [-0.2, 0) is 0 Å². The molecular formula is C17H24N4O3. The molecule has 2 aromatic rings. The maximum absolute atomic E-state index is 12.4. The summed E-state index contributed by atoms with van der Waals surface area (Å²) in [5.41, 5.74) is 0.629. The lowest BCUT2D eigenvalue weighted by molar-refractivity contribution is 0.0883. The van der Waals surface area contributed by atoms with Crippen molar-refractivity contribution in [2.45, 2.75) is 52.6 Å². The molecule has 1 atom stereocenters. The number of likely N-dealkylation sites (tertiary alicyclic amines) is 1. The number of nitrogens with one attached hydrogen (secondary N) is 1. The maximum atomic E-state index is 12.4. The Bertz CT molecular complexity index is 713. The van der Waals surface area contributed by atoms with Crippen molar-refractivity contribution in [1.82, 2.24) is 20.4 Å². The number of aryl methyl sites for hydroxylation is 3. The van der Waals surface area contributed by atoms with Gasteiger partial charge in [-0.15, -0.1) is 10.2 Å². The Morgan fingerprint density at radius 3 is 2.50 bits per heavy atom. The van der Waals surface area contributed by atoms with Crippen molar-refractivity contribution in [2.75, 3.05) is 13.1 Å². The average Bonchev–Trinajstić information content (AvgIpc) is 3.12. The molecule has 7 nitrogen and oxygen atoms in total. The number of hydrogen-bond donors (Lipinski definition) is 1. The Morgan fingerprint density at radius 1 is 1.25 bits per heavy atom. The molecule has 1 fully saturated rings. The van der Waals surface area contributed by atoms with Gasteiger partial charge >= 0.3 is 0 Å². The average molecular weight is 332 g/mol. The monoisotopic (exact) mass is 332 g/mol. The van der Waals surface area contributed by atoms with Gasteiger partial charge in [0, 0.05) is 26.1 Å². The molecule has 130 valence electrons. The van der Waals surface area contributed by atoms with Crippen molar-refractivity contribution in [3.63, 3.8) is 0 Å². The van der Waals surface area contributed by atoms with Crippen molar-refractivity contribution in [3.05, 3.63) is 34.9 Å². The summed E-state index contributed by atoms with van der Waals surface area (Å²) in [7, 11) is 0. The third kappa shape index (κ3) is 3.51. The van der Waals surface area contributed by atoms with Gasteiger partial charge in [-0.25, -0.2) is 0 Å². The smallest absolute Gasteiger partial charge is 0.255 e. The lowest BCUT2D eigenvalue weighted by Gasteiger charge is -2.34. The van der Waals surface area contributed by atoms with Crippen LogP contribution in [0.25, 0.3) is 0 Å². The SMILES string of the molecule is Cc1cc(C(=O)NC2CCN([C@@H](C)c3nnc(C)o3)CC2)c(C)o1. The Balaban J connectivity index is 1.53. The van der Waals surface area contributed by atoms with Gasteiger partial charge in [-0.2, -0.15) is 0 Å². The van der Waals surface area contributed by atoms with Crippen LogP contribution in [0.1, 0.15) is 59.5 Å². The summed E-state index contributed by atoms with van der Waals surface area (Å²) < 4.78 is 11.0. The second kappa shape index (κ2) is 6.76. The molecule has 2 aromatic heterocycles. The Labute approximate surface area is 141 Å². The largest absolute Gasteiger partial charge is 0.466 e. The fourth-order valence-electron chi connectivity index (χ4n) is 3.19. The van der Waals surface area contributed by atoms with E-state index in [-0.39, 0.29) is 18.0 Å². The zero-order chi connectivity index (χ0) is 17.3. The summed E-state index contributed by atoms with van der Waals surface area (Å²) in [5, 5.41) is 11.1. The first-order chi connectivity index (χ1) is 11.4. The number of carbonyl (C=O) groups is 1. The predicted octanol–water partition coefficient (Wildman–Crippen LogP) is 2.54. The number of aromatic nitrogens is 2. The molecular weight excluding hydrogens is 308 g/mol. The van der Waals surface area contributed by atoms with E-state index in [1.807, 2.05) is 13.8 Å². The minimum atomic E-state index is -0.0524. The Hall–Kier alpha value is -2.15. The number of hydrogen-bond acceptors (Lipinski definition) is 6. The molecule has 3 rings (SSSR count). The van der Waals surface area contributed by atoms with E-state index in [0.717, 1.165) is 31.7 Å². The zero-order valence-electron chi connectivity index (χ0n) is 14.6. The van der Waals surface area contributed by atoms with Crippen LogP contribution in [-0.4, -0.2) is 40.1 Å². The van der Waals surface area contributed by atoms with Gasteiger partial charge < -0.3 is 14.2 Å². The molecule has 0 aromatic carbocycles. The number of rotatable bonds is 4. The van der Waals surface area contributed by atoms with Crippen LogP contribution >= 0.6 is 0 Å². The normalized spacial score (nSPS) is 17.8. The third-order valence-corrected chi connectivity index (χ3v) is 4.60. The number of amides is 1. The van der Waals surface area contributed by atoms with Crippen LogP contribution in [0.4, 0.5) is 0 Å². The van der Waals surface area contributed by atoms with E-state index in [1.165, 1.54) is 0 Å². The maximum Gasteiger partial charge on any atom is 0.255 e. The van der Waals surface area contributed by atoms with Crippen LogP contribution in [0.3, 0.4) is 0 Å². The van der Waals surface area contributed by atoms with Gasteiger partial charge in [0.25, 0.3) is 5.91 Å². The topological polar surface area (TPSA) is 84.4 Å². The first-order valence-corrected chi connectivity index (χ1v) is 8.36. The van der Waals surface area contributed by atoms with Crippen LogP contribution in [0.5, 0.6) is 0 Å². The van der Waals surface area contributed by atoms with E-state index in [9.17, 15) is 4.79 Å². The summed E-state index contributed by atoms with van der Waals surface area (Å²) in [6, 6.07) is 2.07. The highest BCUT2D eigenvalue weighted by Crippen LogP contribution is 2.23. The summed E-state index contributed by atoms with van der Waals surface area (Å²) in [4.78, 5) is 14.7. The molecule has 1 aliphatic rings. The summed E-state index contributed by atoms with van der Waals surface area (Å²) in [6.07, 6.45) is 1.80. The van der Waals surface area contributed by atoms with Crippen molar-refractivity contribution >= 4 is 5.91 Å². The molecule has 1 N–H and O–H groups in total. The van der Waals surface area contributed by atoms with E-state index in [0.29, 0.717) is 23.1 Å². The van der Waals surface area contributed by atoms with Gasteiger partial charge in [0.05, 0.1) is 11.6 Å². The van der Waals surface area contributed by atoms with Gasteiger partial charge in [-0.3, -0.25) is 9.69 Å². The minimum Gasteiger partial charge on any atom is -0.466 e. The molecule has 0 saturated carbocycles. The zero-order valence-corrected chi connectivity index (χ0v) is 14.6. The third-order valence-electron chi connectivity index (χ3n) is 4.60. The lowest BCUT2D eigenvalue weighted by atomic mass is 10.0. The van der Waals surface area contributed by atoms with Gasteiger partial charge in [-0.1, -0.05) is 0 Å². The molecule has 0 unspecified atom stereocenters. The van der Waals surface area contributed by atoms with Gasteiger partial charge in [0.15, 0.2) is 0 Å². The lowest BCUT2D eigenvalue weighted by Crippen LogP contribution is -2.45. The van der Waals surface area contributed by atoms with Gasteiger partial charge in [0.1, 0.15) is 11.5 Å². The van der Waals surface area contributed by atoms with Crippen LogP contribution in [0.15, 0.2) is 14.9 Å². The second-order valence-corrected chi connectivity index (χ2v) is 6.45. The first-order valence-electron chi connectivity index (χ1n) is 8.36. The molecule has 1 amide bonds. The molecule has 0 spiro atoms. The summed E-state index contributed by atoms with van der Waals surface area (Å²) in [5.74, 6) is 2.62. The van der Waals surface area contributed by atoms with Crippen LogP contribution in [0, 0.1) is 20.8 Å².